The van der Waals surface area contributed by atoms with Gasteiger partial charge in [0.05, 0.1) is 0 Å². The quantitative estimate of drug-likeness (QED) is 0.755. The van der Waals surface area contributed by atoms with Crippen LogP contribution in [0.5, 0.6) is 0 Å². The van der Waals surface area contributed by atoms with Crippen LogP contribution in [0.4, 0.5) is 0 Å². The Morgan fingerprint density at radius 3 is 2.54 bits per heavy atom. The van der Waals surface area contributed by atoms with Crippen LogP contribution in [-0.2, 0) is 19.9 Å². The minimum Gasteiger partial charge on any atom is -0.460 e. The van der Waals surface area contributed by atoms with E-state index in [1.165, 1.54) is 6.42 Å². The molecule has 3 nitrogen and oxygen atoms in total. The predicted octanol–water partition coefficient (Wildman–Crippen LogP) is 4.82. The minimum absolute atomic E-state index is 0.00398. The molecule has 0 saturated heterocycles. The van der Waals surface area contributed by atoms with Gasteiger partial charge in [-0.25, -0.2) is 4.79 Å². The number of fused-ring (bicyclic) bond motifs is 1. The van der Waals surface area contributed by atoms with Crippen LogP contribution < -0.4 is 0 Å². The Kier molecular flexibility index (Phi) is 4.91. The largest absolute Gasteiger partial charge is 0.460 e. The van der Waals surface area contributed by atoms with Crippen molar-refractivity contribution in [2.45, 2.75) is 51.2 Å². The van der Waals surface area contributed by atoms with Crippen LogP contribution in [0.1, 0.15) is 45.1 Å². The summed E-state index contributed by atoms with van der Waals surface area (Å²) in [6.07, 6.45) is 4.41. The Morgan fingerprint density at radius 2 is 1.79 bits per heavy atom. The van der Waals surface area contributed by atoms with Gasteiger partial charge in [-0.05, 0) is 42.9 Å². The summed E-state index contributed by atoms with van der Waals surface area (Å²) < 4.78 is 11.6. The molecule has 3 heteroatoms. The highest BCUT2D eigenvalue weighted by atomic mass is 16.6. The van der Waals surface area contributed by atoms with Gasteiger partial charge in [-0.1, -0.05) is 55.8 Å². The van der Waals surface area contributed by atoms with Gasteiger partial charge in [0, 0.05) is 12.7 Å². The second-order valence-corrected chi connectivity index (χ2v) is 6.97. The van der Waals surface area contributed by atoms with E-state index in [0.29, 0.717) is 5.92 Å². The number of methoxy groups -OCH3 is 1. The van der Waals surface area contributed by atoms with Crippen LogP contribution in [0.2, 0.25) is 0 Å². The number of carbonyl (C=O) groups excluding carboxylic acids is 1. The lowest BCUT2D eigenvalue weighted by atomic mass is 9.87. The number of esters is 1. The van der Waals surface area contributed by atoms with Gasteiger partial charge in [-0.3, -0.25) is 0 Å². The van der Waals surface area contributed by atoms with Crippen LogP contribution in [0, 0.1) is 5.92 Å². The van der Waals surface area contributed by atoms with E-state index in [1.807, 2.05) is 49.4 Å². The van der Waals surface area contributed by atoms with E-state index in [4.69, 9.17) is 9.47 Å². The second kappa shape index (κ2) is 6.94. The Hall–Kier alpha value is -1.87. The molecule has 128 valence electrons. The predicted molar refractivity (Wildman–Crippen MR) is 95.8 cm³/mol. The molecule has 3 atom stereocenters. The molecule has 0 unspecified atom stereocenters. The van der Waals surface area contributed by atoms with Crippen molar-refractivity contribution in [3.8, 4) is 0 Å². The molecule has 0 spiro atoms. The molecule has 1 saturated carbocycles. The molecule has 0 heterocycles. The molecule has 24 heavy (non-hydrogen) atoms. The molecule has 0 aromatic heterocycles. The first kappa shape index (κ1) is 17.0. The van der Waals surface area contributed by atoms with Crippen molar-refractivity contribution in [2.24, 2.45) is 5.92 Å². The van der Waals surface area contributed by atoms with Crippen LogP contribution in [0.25, 0.3) is 10.8 Å². The van der Waals surface area contributed by atoms with Gasteiger partial charge in [0.1, 0.15) is 6.10 Å². The van der Waals surface area contributed by atoms with Gasteiger partial charge in [0.2, 0.25) is 0 Å². The van der Waals surface area contributed by atoms with E-state index in [2.05, 4.69) is 6.92 Å². The summed E-state index contributed by atoms with van der Waals surface area (Å²) in [7, 11) is 1.58. The molecule has 1 aliphatic rings. The molecule has 0 radical (unpaired) electrons. The summed E-state index contributed by atoms with van der Waals surface area (Å²) in [6, 6.07) is 14.0. The van der Waals surface area contributed by atoms with Gasteiger partial charge in [-0.15, -0.1) is 0 Å². The molecule has 0 bridgehead atoms. The van der Waals surface area contributed by atoms with Gasteiger partial charge >= 0.3 is 5.97 Å². The lowest BCUT2D eigenvalue weighted by Gasteiger charge is -2.33. The summed E-state index contributed by atoms with van der Waals surface area (Å²) >= 11 is 0. The monoisotopic (exact) mass is 326 g/mol. The zero-order chi connectivity index (χ0) is 17.2. The van der Waals surface area contributed by atoms with Crippen molar-refractivity contribution < 1.29 is 14.3 Å². The fourth-order valence-corrected chi connectivity index (χ4v) is 3.65. The number of benzene rings is 2. The van der Waals surface area contributed by atoms with Gasteiger partial charge < -0.3 is 9.47 Å². The minimum atomic E-state index is -1.10. The second-order valence-electron chi connectivity index (χ2n) is 6.97. The molecule has 2 aromatic carbocycles. The van der Waals surface area contributed by atoms with Crippen molar-refractivity contribution in [2.75, 3.05) is 7.11 Å². The van der Waals surface area contributed by atoms with Crippen molar-refractivity contribution in [3.63, 3.8) is 0 Å². The maximum absolute atomic E-state index is 13.0. The first-order chi connectivity index (χ1) is 11.6. The molecule has 0 amide bonds. The summed E-state index contributed by atoms with van der Waals surface area (Å²) in [6.45, 7) is 3.98. The molecular weight excluding hydrogens is 300 g/mol. The third kappa shape index (κ3) is 3.05. The number of hydrogen-bond acceptors (Lipinski definition) is 3. The molecule has 1 fully saturated rings. The fraction of sp³-hybridized carbons (Fsp3) is 0.476. The number of carbonyl (C=O) groups is 1. The average Bonchev–Trinajstić information content (AvgIpc) is 2.62. The molecular formula is C21H26O3. The maximum atomic E-state index is 13.0. The average molecular weight is 326 g/mol. The number of hydrogen-bond donors (Lipinski definition) is 0. The van der Waals surface area contributed by atoms with Gasteiger partial charge in [0.25, 0.3) is 0 Å². The highest BCUT2D eigenvalue weighted by Gasteiger charge is 2.40. The Morgan fingerprint density at radius 1 is 1.08 bits per heavy atom. The summed E-state index contributed by atoms with van der Waals surface area (Å²) in [5.74, 6) is 0.122. The molecule has 0 N–H and O–H groups in total. The highest BCUT2D eigenvalue weighted by Crippen LogP contribution is 2.35. The lowest BCUT2D eigenvalue weighted by Crippen LogP contribution is -2.40. The van der Waals surface area contributed by atoms with Crippen LogP contribution in [-0.4, -0.2) is 19.2 Å². The Labute approximate surface area is 144 Å². The van der Waals surface area contributed by atoms with Crippen LogP contribution >= 0.6 is 0 Å². The normalized spacial score (nSPS) is 23.6. The van der Waals surface area contributed by atoms with Crippen LogP contribution in [0.3, 0.4) is 0 Å². The first-order valence-electron chi connectivity index (χ1n) is 8.80. The van der Waals surface area contributed by atoms with E-state index < -0.39 is 5.60 Å². The zero-order valence-corrected chi connectivity index (χ0v) is 14.7. The standard InChI is InChI=1S/C21H26O3/c1-15-9-4-7-14-19(15)24-20(22)21(2,23-3)18-13-8-11-16-10-5-6-12-17(16)18/h5-6,8,10-13,15,19H,4,7,9,14H2,1-3H3/t15-,19-,21+/m1/s1. The highest BCUT2D eigenvalue weighted by molar-refractivity contribution is 5.92. The lowest BCUT2D eigenvalue weighted by molar-refractivity contribution is -0.178. The third-order valence-corrected chi connectivity index (χ3v) is 5.39. The molecule has 0 aliphatic heterocycles. The summed E-state index contributed by atoms with van der Waals surface area (Å²) in [4.78, 5) is 13.0. The first-order valence-corrected chi connectivity index (χ1v) is 8.80. The van der Waals surface area contributed by atoms with E-state index in [1.54, 1.807) is 7.11 Å². The smallest absolute Gasteiger partial charge is 0.343 e. The molecule has 2 aromatic rings. The Bertz CT molecular complexity index is 719. The van der Waals surface area contributed by atoms with Gasteiger partial charge in [0.15, 0.2) is 5.60 Å². The molecule has 1 aliphatic carbocycles. The zero-order valence-electron chi connectivity index (χ0n) is 14.7. The Balaban J connectivity index is 1.93. The van der Waals surface area contributed by atoms with E-state index in [9.17, 15) is 4.79 Å². The number of rotatable bonds is 4. The SMILES string of the molecule is CO[C@](C)(C(=O)O[C@@H]1CCCC[C@H]1C)c1cccc2ccccc12. The van der Waals surface area contributed by atoms with E-state index in [0.717, 1.165) is 35.6 Å². The summed E-state index contributed by atoms with van der Waals surface area (Å²) in [5.41, 5.74) is -0.241. The van der Waals surface area contributed by atoms with Crippen molar-refractivity contribution in [1.29, 1.82) is 0 Å². The van der Waals surface area contributed by atoms with Crippen molar-refractivity contribution in [3.05, 3.63) is 48.0 Å². The van der Waals surface area contributed by atoms with Crippen LogP contribution in [0.15, 0.2) is 42.5 Å². The third-order valence-electron chi connectivity index (χ3n) is 5.39. The van der Waals surface area contributed by atoms with E-state index >= 15 is 0 Å². The van der Waals surface area contributed by atoms with Gasteiger partial charge in [-0.2, -0.15) is 0 Å². The van der Waals surface area contributed by atoms with Crippen molar-refractivity contribution in [1.82, 2.24) is 0 Å². The fourth-order valence-electron chi connectivity index (χ4n) is 3.65. The van der Waals surface area contributed by atoms with E-state index in [-0.39, 0.29) is 12.1 Å². The maximum Gasteiger partial charge on any atom is 0.343 e. The molecule has 3 rings (SSSR count). The van der Waals surface area contributed by atoms with Crippen molar-refractivity contribution >= 4 is 16.7 Å². The number of ether oxygens (including phenoxy) is 2. The topological polar surface area (TPSA) is 35.5 Å². The summed E-state index contributed by atoms with van der Waals surface area (Å²) in [5, 5.41) is 2.12.